The standard InChI is InChI=1S/C27H26N4O5S/c1-2-36-27(33)23-17-6-3-4-9-21(17)37-26(23)30-19-7-5-8-20(32)24(19)22(18(14-28)25(30)29)15-10-12-16(13-11-15)31(34)35/h10-13,22H,2-9,29H2,1H3. The molecule has 0 radical (unpaired) electrons. The van der Waals surface area contributed by atoms with Crippen LogP contribution in [0.25, 0.3) is 0 Å². The third kappa shape index (κ3) is 4.09. The highest BCUT2D eigenvalue weighted by Crippen LogP contribution is 2.50. The molecule has 3 aliphatic rings. The van der Waals surface area contributed by atoms with Gasteiger partial charge in [-0.1, -0.05) is 12.1 Å². The van der Waals surface area contributed by atoms with Gasteiger partial charge in [-0.15, -0.1) is 11.3 Å². The van der Waals surface area contributed by atoms with Gasteiger partial charge in [0.15, 0.2) is 5.78 Å². The van der Waals surface area contributed by atoms with Gasteiger partial charge in [0.2, 0.25) is 0 Å². The molecule has 10 heteroatoms. The molecule has 0 saturated carbocycles. The summed E-state index contributed by atoms with van der Waals surface area (Å²) < 4.78 is 5.43. The van der Waals surface area contributed by atoms with Gasteiger partial charge in [-0.2, -0.15) is 5.26 Å². The molecule has 1 aromatic heterocycles. The van der Waals surface area contributed by atoms with Crippen LogP contribution < -0.4 is 10.6 Å². The van der Waals surface area contributed by atoms with Crippen molar-refractivity contribution in [2.45, 2.75) is 57.8 Å². The van der Waals surface area contributed by atoms with E-state index in [0.717, 1.165) is 36.1 Å². The third-order valence-corrected chi connectivity index (χ3v) is 8.46. The molecule has 1 aromatic carbocycles. The number of nitrogens with two attached hydrogens (primary N) is 1. The van der Waals surface area contributed by atoms with Gasteiger partial charge in [0.25, 0.3) is 5.69 Å². The predicted octanol–water partition coefficient (Wildman–Crippen LogP) is 5.02. The average molecular weight is 519 g/mol. The highest BCUT2D eigenvalue weighted by Gasteiger charge is 2.42. The number of hydrogen-bond donors (Lipinski definition) is 1. The molecule has 1 aliphatic heterocycles. The smallest absolute Gasteiger partial charge is 0.341 e. The van der Waals surface area contributed by atoms with Crippen LogP contribution in [-0.4, -0.2) is 23.3 Å². The molecule has 2 heterocycles. The van der Waals surface area contributed by atoms with E-state index in [1.54, 1.807) is 24.0 Å². The molecular weight excluding hydrogens is 492 g/mol. The maximum atomic E-state index is 13.4. The molecular formula is C27H26N4O5S. The average Bonchev–Trinajstić information content (AvgIpc) is 3.27. The van der Waals surface area contributed by atoms with Crippen molar-refractivity contribution in [1.82, 2.24) is 0 Å². The normalized spacial score (nSPS) is 19.3. The molecule has 2 aliphatic carbocycles. The number of hydrogen-bond acceptors (Lipinski definition) is 9. The Balaban J connectivity index is 1.73. The number of ketones is 1. The molecule has 5 rings (SSSR count). The number of nitrogens with zero attached hydrogens (tertiary/aromatic N) is 3. The SMILES string of the molecule is CCOC(=O)c1c(N2C(N)=C(C#N)C(c3ccc([N+](=O)[O-])cc3)C3=C2CCCC3=O)sc2c1CCCC2. The number of ether oxygens (including phenoxy) is 1. The molecule has 1 atom stereocenters. The second kappa shape index (κ2) is 9.82. The second-order valence-corrected chi connectivity index (χ2v) is 10.4. The molecule has 190 valence electrons. The van der Waals surface area contributed by atoms with E-state index in [-0.39, 0.29) is 29.5 Å². The lowest BCUT2D eigenvalue weighted by Gasteiger charge is -2.39. The molecule has 0 fully saturated rings. The summed E-state index contributed by atoms with van der Waals surface area (Å²) in [6, 6.07) is 8.09. The minimum Gasteiger partial charge on any atom is -0.462 e. The van der Waals surface area contributed by atoms with Crippen molar-refractivity contribution >= 4 is 33.8 Å². The summed E-state index contributed by atoms with van der Waals surface area (Å²) in [5.41, 5.74) is 9.99. The van der Waals surface area contributed by atoms with Gasteiger partial charge in [0, 0.05) is 34.7 Å². The lowest BCUT2D eigenvalue weighted by Crippen LogP contribution is -2.39. The van der Waals surface area contributed by atoms with Crippen LogP contribution in [0.2, 0.25) is 0 Å². The van der Waals surface area contributed by atoms with Gasteiger partial charge in [0.05, 0.1) is 34.7 Å². The Bertz CT molecular complexity index is 1410. The number of Topliss-reactive ketones (excluding diaryl/α,β-unsaturated/α-hetero) is 1. The van der Waals surface area contributed by atoms with E-state index in [1.165, 1.54) is 23.5 Å². The monoisotopic (exact) mass is 518 g/mol. The summed E-state index contributed by atoms with van der Waals surface area (Å²) in [6.45, 7) is 1.99. The largest absolute Gasteiger partial charge is 0.462 e. The van der Waals surface area contributed by atoms with Crippen molar-refractivity contribution in [2.24, 2.45) is 5.73 Å². The number of nitro benzene ring substituents is 1. The molecule has 0 amide bonds. The van der Waals surface area contributed by atoms with Gasteiger partial charge in [-0.25, -0.2) is 4.79 Å². The zero-order valence-corrected chi connectivity index (χ0v) is 21.2. The zero-order chi connectivity index (χ0) is 26.3. The van der Waals surface area contributed by atoms with Crippen molar-refractivity contribution < 1.29 is 19.2 Å². The van der Waals surface area contributed by atoms with Crippen LogP contribution >= 0.6 is 11.3 Å². The molecule has 0 bridgehead atoms. The Morgan fingerprint density at radius 1 is 1.22 bits per heavy atom. The Morgan fingerprint density at radius 2 is 1.95 bits per heavy atom. The number of thiophene rings is 1. The molecule has 0 saturated heterocycles. The summed E-state index contributed by atoms with van der Waals surface area (Å²) in [7, 11) is 0. The summed E-state index contributed by atoms with van der Waals surface area (Å²) in [4.78, 5) is 40.1. The second-order valence-electron chi connectivity index (χ2n) is 9.28. The lowest BCUT2D eigenvalue weighted by molar-refractivity contribution is -0.384. The maximum Gasteiger partial charge on any atom is 0.341 e. The number of non-ortho nitro benzene ring substituents is 1. The van der Waals surface area contributed by atoms with Crippen LogP contribution in [0.15, 0.2) is 46.9 Å². The maximum absolute atomic E-state index is 13.4. The van der Waals surface area contributed by atoms with E-state index in [4.69, 9.17) is 10.5 Å². The quantitative estimate of drug-likeness (QED) is 0.331. The predicted molar refractivity (Wildman–Crippen MR) is 138 cm³/mol. The van der Waals surface area contributed by atoms with Crippen LogP contribution in [0.1, 0.15) is 71.3 Å². The fourth-order valence-corrected chi connectivity index (χ4v) is 6.98. The number of carbonyl (C=O) groups is 2. The fraction of sp³-hybridized carbons (Fsp3) is 0.370. The van der Waals surface area contributed by atoms with Crippen molar-refractivity contribution in [3.05, 3.63) is 78.6 Å². The first-order valence-corrected chi connectivity index (χ1v) is 13.2. The van der Waals surface area contributed by atoms with Gasteiger partial charge in [-0.05, 0) is 56.6 Å². The number of nitro groups is 1. The zero-order valence-electron chi connectivity index (χ0n) is 20.4. The van der Waals surface area contributed by atoms with Crippen molar-refractivity contribution in [3.8, 4) is 6.07 Å². The van der Waals surface area contributed by atoms with E-state index < -0.39 is 16.8 Å². The Labute approximate surface area is 218 Å². The number of nitriles is 1. The van der Waals surface area contributed by atoms with Gasteiger partial charge < -0.3 is 10.5 Å². The van der Waals surface area contributed by atoms with Crippen LogP contribution in [0.4, 0.5) is 10.7 Å². The number of fused-ring (bicyclic) bond motifs is 1. The molecule has 37 heavy (non-hydrogen) atoms. The first kappa shape index (κ1) is 24.7. The van der Waals surface area contributed by atoms with Crippen LogP contribution in [0.3, 0.4) is 0 Å². The molecule has 9 nitrogen and oxygen atoms in total. The number of esters is 1. The van der Waals surface area contributed by atoms with E-state index in [1.807, 2.05) is 0 Å². The minimum atomic E-state index is -0.731. The Hall–Kier alpha value is -3.97. The third-order valence-electron chi connectivity index (χ3n) is 7.19. The summed E-state index contributed by atoms with van der Waals surface area (Å²) in [5.74, 6) is -1.08. The summed E-state index contributed by atoms with van der Waals surface area (Å²) >= 11 is 1.48. The Morgan fingerprint density at radius 3 is 2.62 bits per heavy atom. The summed E-state index contributed by atoms with van der Waals surface area (Å²) in [6.07, 6.45) is 5.12. The number of rotatable bonds is 5. The number of aryl methyl sites for hydroxylation is 1. The highest BCUT2D eigenvalue weighted by molar-refractivity contribution is 7.16. The molecule has 2 N–H and O–H groups in total. The van der Waals surface area contributed by atoms with E-state index in [0.29, 0.717) is 46.7 Å². The highest BCUT2D eigenvalue weighted by atomic mass is 32.1. The lowest BCUT2D eigenvalue weighted by atomic mass is 9.75. The van der Waals surface area contributed by atoms with E-state index in [9.17, 15) is 25.0 Å². The molecule has 2 aromatic rings. The first-order valence-electron chi connectivity index (χ1n) is 12.4. The van der Waals surface area contributed by atoms with Crippen LogP contribution in [0.5, 0.6) is 0 Å². The minimum absolute atomic E-state index is 0.0796. The summed E-state index contributed by atoms with van der Waals surface area (Å²) in [5, 5.41) is 22.0. The van der Waals surface area contributed by atoms with Crippen LogP contribution in [0, 0.1) is 21.4 Å². The molecule has 1 unspecified atom stereocenters. The van der Waals surface area contributed by atoms with Gasteiger partial charge >= 0.3 is 5.97 Å². The number of benzene rings is 1. The van der Waals surface area contributed by atoms with Crippen molar-refractivity contribution in [3.63, 3.8) is 0 Å². The van der Waals surface area contributed by atoms with Gasteiger partial charge in [0.1, 0.15) is 10.8 Å². The first-order chi connectivity index (χ1) is 17.9. The molecule has 0 spiro atoms. The van der Waals surface area contributed by atoms with Crippen molar-refractivity contribution in [2.75, 3.05) is 11.5 Å². The fourth-order valence-electron chi connectivity index (χ4n) is 5.56. The number of allylic oxidation sites excluding steroid dienone is 3. The van der Waals surface area contributed by atoms with Gasteiger partial charge in [-0.3, -0.25) is 19.8 Å². The van der Waals surface area contributed by atoms with E-state index >= 15 is 0 Å². The number of carbonyl (C=O) groups excluding carboxylic acids is 2. The van der Waals surface area contributed by atoms with Crippen molar-refractivity contribution in [1.29, 1.82) is 5.26 Å². The van der Waals surface area contributed by atoms with E-state index in [2.05, 4.69) is 6.07 Å². The van der Waals surface area contributed by atoms with Crippen LogP contribution in [-0.2, 0) is 22.4 Å². The Kier molecular flexibility index (Phi) is 6.56. The number of anilines is 1. The topological polar surface area (TPSA) is 140 Å².